The van der Waals surface area contributed by atoms with Crippen molar-refractivity contribution in [2.45, 2.75) is 53.9 Å². The third kappa shape index (κ3) is 6.91. The van der Waals surface area contributed by atoms with Crippen LogP contribution in [0.3, 0.4) is 0 Å². The molecular formula is C64H52N10O. The molecule has 1 aliphatic rings. The van der Waals surface area contributed by atoms with Crippen LogP contribution in [0.5, 0.6) is 11.5 Å². The summed E-state index contributed by atoms with van der Waals surface area (Å²) in [6, 6.07) is 55.4. The Hall–Kier alpha value is -9.35. The van der Waals surface area contributed by atoms with Crippen LogP contribution in [0.2, 0.25) is 0 Å². The summed E-state index contributed by atoms with van der Waals surface area (Å²) in [5, 5.41) is 6.89. The van der Waals surface area contributed by atoms with E-state index < -0.39 is 0 Å². The Kier molecular flexibility index (Phi) is 9.81. The molecule has 364 valence electrons. The Morgan fingerprint density at radius 1 is 0.440 bits per heavy atom. The standard InChI is InChI=1S/C64H52N10O/c1-38-15-10-22-48-49-23-11-16-39(2)58(49)73(57(38)48)62-67-61(68-63(69-62)74-59-40(3)17-12-24-50(59)51-25-13-18-41(4)60(51)74)71-37-70(55-36-65-31-30-53(55)71)43-19-14-20-44(34-43)75-45-27-28-47-46-21-8-9-26-52(46)72(54(47)35-45)56-33-42(29-32-66-56)64(5,6)7/h8-36H,37H2,1-7H3. The average molecular weight is 977 g/mol. The molecular weight excluding hydrogens is 925 g/mol. The molecule has 0 aliphatic carbocycles. The van der Waals surface area contributed by atoms with Crippen molar-refractivity contribution in [1.82, 2.24) is 38.6 Å². The van der Waals surface area contributed by atoms with E-state index >= 15 is 0 Å². The highest BCUT2D eigenvalue weighted by molar-refractivity contribution is 6.13. The van der Waals surface area contributed by atoms with Crippen LogP contribution in [-0.2, 0) is 5.41 Å². The van der Waals surface area contributed by atoms with E-state index in [1.54, 1.807) is 0 Å². The molecule has 0 saturated heterocycles. The molecule has 0 spiro atoms. The van der Waals surface area contributed by atoms with E-state index in [0.717, 1.165) is 116 Å². The number of pyridine rings is 2. The predicted molar refractivity (Wildman–Crippen MR) is 305 cm³/mol. The van der Waals surface area contributed by atoms with Crippen LogP contribution < -0.4 is 14.5 Å². The maximum absolute atomic E-state index is 6.82. The van der Waals surface area contributed by atoms with E-state index in [1.807, 2.05) is 36.8 Å². The highest BCUT2D eigenvalue weighted by Gasteiger charge is 2.33. The second-order valence-electron chi connectivity index (χ2n) is 20.9. The molecule has 0 radical (unpaired) electrons. The van der Waals surface area contributed by atoms with E-state index in [2.05, 4.69) is 216 Å². The fraction of sp³-hybridized carbons (Fsp3) is 0.141. The van der Waals surface area contributed by atoms with Crippen molar-refractivity contribution in [3.05, 3.63) is 204 Å². The largest absolute Gasteiger partial charge is 0.457 e. The lowest BCUT2D eigenvalue weighted by molar-refractivity contribution is 0.483. The van der Waals surface area contributed by atoms with Crippen LogP contribution >= 0.6 is 0 Å². The van der Waals surface area contributed by atoms with Gasteiger partial charge in [-0.25, -0.2) is 4.98 Å². The first kappa shape index (κ1) is 44.4. The van der Waals surface area contributed by atoms with E-state index in [4.69, 9.17) is 24.7 Å². The van der Waals surface area contributed by atoms with Crippen LogP contribution in [-0.4, -0.2) is 45.3 Å². The first-order chi connectivity index (χ1) is 36.5. The predicted octanol–water partition coefficient (Wildman–Crippen LogP) is 15.5. The number of hydrogen-bond donors (Lipinski definition) is 0. The van der Waals surface area contributed by atoms with Crippen molar-refractivity contribution in [2.24, 2.45) is 0 Å². The van der Waals surface area contributed by atoms with Crippen molar-refractivity contribution >= 4 is 88.4 Å². The first-order valence-electron chi connectivity index (χ1n) is 25.5. The number of fused-ring (bicyclic) bond motifs is 10. The zero-order valence-corrected chi connectivity index (χ0v) is 42.8. The number of aromatic nitrogens is 8. The molecule has 11 nitrogen and oxygen atoms in total. The van der Waals surface area contributed by atoms with Crippen molar-refractivity contribution in [1.29, 1.82) is 0 Å². The van der Waals surface area contributed by atoms with Crippen molar-refractivity contribution < 1.29 is 4.74 Å². The average Bonchev–Trinajstić information content (AvgIpc) is 4.17. The molecule has 0 saturated carbocycles. The van der Waals surface area contributed by atoms with Gasteiger partial charge in [0, 0.05) is 62.5 Å². The van der Waals surface area contributed by atoms with Gasteiger partial charge in [0.25, 0.3) is 0 Å². The Bertz CT molecular complexity index is 4240. The van der Waals surface area contributed by atoms with E-state index in [0.29, 0.717) is 30.3 Å². The number of hydrogen-bond acceptors (Lipinski definition) is 8. The second-order valence-corrected chi connectivity index (χ2v) is 20.9. The number of rotatable bonds is 7. The third-order valence-electron chi connectivity index (χ3n) is 15.2. The molecule has 0 bridgehead atoms. The van der Waals surface area contributed by atoms with Gasteiger partial charge in [-0.15, -0.1) is 0 Å². The van der Waals surface area contributed by atoms with Gasteiger partial charge in [-0.3, -0.25) is 23.6 Å². The molecule has 0 unspecified atom stereocenters. The minimum Gasteiger partial charge on any atom is -0.457 e. The van der Waals surface area contributed by atoms with Crippen LogP contribution in [0, 0.1) is 27.7 Å². The molecule has 7 aromatic carbocycles. The Labute approximate surface area is 433 Å². The topological polar surface area (TPSA) is 95.0 Å². The summed E-state index contributed by atoms with van der Waals surface area (Å²) in [6.07, 6.45) is 5.66. The van der Waals surface area contributed by atoms with Crippen LogP contribution in [0.4, 0.5) is 23.0 Å². The van der Waals surface area contributed by atoms with Crippen LogP contribution in [0.25, 0.3) is 83.1 Å². The summed E-state index contributed by atoms with van der Waals surface area (Å²) in [5.41, 5.74) is 14.9. The summed E-state index contributed by atoms with van der Waals surface area (Å²) in [4.78, 5) is 30.6. The fourth-order valence-electron chi connectivity index (χ4n) is 11.6. The number of aryl methyl sites for hydroxylation is 4. The maximum atomic E-state index is 6.82. The van der Waals surface area contributed by atoms with Gasteiger partial charge in [0.05, 0.1) is 50.7 Å². The van der Waals surface area contributed by atoms with Crippen molar-refractivity contribution in [2.75, 3.05) is 16.5 Å². The molecule has 1 aliphatic heterocycles. The molecule has 0 amide bonds. The minimum absolute atomic E-state index is 0.0341. The second kappa shape index (κ2) is 16.6. The van der Waals surface area contributed by atoms with Crippen LogP contribution in [0.1, 0.15) is 48.6 Å². The molecule has 14 rings (SSSR count). The Balaban J connectivity index is 0.905. The van der Waals surface area contributed by atoms with Gasteiger partial charge in [-0.1, -0.05) is 118 Å². The molecule has 6 aromatic heterocycles. The van der Waals surface area contributed by atoms with Gasteiger partial charge in [0.2, 0.25) is 17.8 Å². The van der Waals surface area contributed by atoms with Gasteiger partial charge in [0.1, 0.15) is 24.0 Å². The summed E-state index contributed by atoms with van der Waals surface area (Å²) in [5.74, 6) is 3.87. The lowest BCUT2D eigenvalue weighted by atomic mass is 9.88. The Morgan fingerprint density at radius 2 is 0.987 bits per heavy atom. The number of anilines is 4. The molecule has 13 aromatic rings. The van der Waals surface area contributed by atoms with Crippen molar-refractivity contribution in [3.8, 4) is 29.2 Å². The molecule has 0 N–H and O–H groups in total. The zero-order chi connectivity index (χ0) is 50.9. The van der Waals surface area contributed by atoms with E-state index in [9.17, 15) is 0 Å². The highest BCUT2D eigenvalue weighted by atomic mass is 16.5. The number of ether oxygens (including phenoxy) is 1. The van der Waals surface area contributed by atoms with E-state index in [1.165, 1.54) is 5.56 Å². The minimum atomic E-state index is -0.0341. The first-order valence-corrected chi connectivity index (χ1v) is 25.5. The highest BCUT2D eigenvalue weighted by Crippen LogP contribution is 2.45. The van der Waals surface area contributed by atoms with Gasteiger partial charge in [0.15, 0.2) is 0 Å². The molecule has 11 heteroatoms. The van der Waals surface area contributed by atoms with Gasteiger partial charge < -0.3 is 9.64 Å². The zero-order valence-electron chi connectivity index (χ0n) is 42.8. The van der Waals surface area contributed by atoms with Gasteiger partial charge >= 0.3 is 0 Å². The molecule has 0 atom stereocenters. The maximum Gasteiger partial charge on any atom is 0.241 e. The lowest BCUT2D eigenvalue weighted by Crippen LogP contribution is -2.26. The number of benzene rings is 7. The quantitative estimate of drug-likeness (QED) is 0.156. The van der Waals surface area contributed by atoms with E-state index in [-0.39, 0.29) is 5.41 Å². The molecule has 0 fully saturated rings. The summed E-state index contributed by atoms with van der Waals surface area (Å²) >= 11 is 0. The van der Waals surface area contributed by atoms with Crippen LogP contribution in [0.15, 0.2) is 176 Å². The fourth-order valence-corrected chi connectivity index (χ4v) is 11.6. The van der Waals surface area contributed by atoms with Gasteiger partial charge in [-0.2, -0.15) is 15.0 Å². The van der Waals surface area contributed by atoms with Gasteiger partial charge in [-0.05, 0) is 109 Å². The number of para-hydroxylation sites is 5. The smallest absolute Gasteiger partial charge is 0.241 e. The SMILES string of the molecule is Cc1cccc2c3cccc(C)c3n(-c3nc(N4CN(c5cccc(Oc6ccc7c8ccccc8n(-c8cc(C(C)(C)C)ccn8)c7c6)c5)c5cnccc54)nc(-n4c5c(C)cccc5c5cccc(C)c54)n3)c12. The third-order valence-corrected chi connectivity index (χ3v) is 15.2. The summed E-state index contributed by atoms with van der Waals surface area (Å²) in [7, 11) is 0. The monoisotopic (exact) mass is 976 g/mol. The normalized spacial score (nSPS) is 12.9. The Morgan fingerprint density at radius 3 is 1.60 bits per heavy atom. The lowest BCUT2D eigenvalue weighted by Gasteiger charge is -2.22. The molecule has 7 heterocycles. The number of nitrogens with zero attached hydrogens (tertiary/aromatic N) is 10. The van der Waals surface area contributed by atoms with Crippen molar-refractivity contribution in [3.63, 3.8) is 0 Å². The summed E-state index contributed by atoms with van der Waals surface area (Å²) in [6.45, 7) is 15.8. The molecule has 75 heavy (non-hydrogen) atoms. The summed E-state index contributed by atoms with van der Waals surface area (Å²) < 4.78 is 13.6.